The standard InChI is InChI=1S/C19H23F3N4O2/c1-2-5-16-24-18(28-25-16)9-8-17(27)23-14-12-13(19(20,21)22)6-7-15(14)26-10-3-4-11-26/h6-7,12H,2-5,8-11H2,1H3,(H,23,27). The highest BCUT2D eigenvalue weighted by molar-refractivity contribution is 5.94. The maximum absolute atomic E-state index is 13.1. The lowest BCUT2D eigenvalue weighted by Crippen LogP contribution is -2.22. The van der Waals surface area contributed by atoms with E-state index in [1.807, 2.05) is 11.8 Å². The predicted molar refractivity (Wildman–Crippen MR) is 98.1 cm³/mol. The number of hydrogen-bond acceptors (Lipinski definition) is 5. The second kappa shape index (κ2) is 8.62. The van der Waals surface area contributed by atoms with E-state index in [1.54, 1.807) is 0 Å². The summed E-state index contributed by atoms with van der Waals surface area (Å²) in [5.41, 5.74) is 0.00709. The van der Waals surface area contributed by atoms with Gasteiger partial charge in [0.2, 0.25) is 11.8 Å². The van der Waals surface area contributed by atoms with Crippen molar-refractivity contribution in [1.29, 1.82) is 0 Å². The van der Waals surface area contributed by atoms with Crippen molar-refractivity contribution in [3.63, 3.8) is 0 Å². The average Bonchev–Trinajstić information content (AvgIpc) is 3.31. The van der Waals surface area contributed by atoms with Gasteiger partial charge < -0.3 is 14.7 Å². The zero-order chi connectivity index (χ0) is 20.1. The molecule has 1 aromatic carbocycles. The van der Waals surface area contributed by atoms with Gasteiger partial charge in [0, 0.05) is 32.4 Å². The molecule has 0 atom stereocenters. The molecular formula is C19H23F3N4O2. The van der Waals surface area contributed by atoms with Crippen LogP contribution in [0.2, 0.25) is 0 Å². The molecule has 1 aliphatic rings. The number of carbonyl (C=O) groups is 1. The maximum Gasteiger partial charge on any atom is 0.416 e. The number of nitrogens with one attached hydrogen (secondary N) is 1. The van der Waals surface area contributed by atoms with Gasteiger partial charge in [0.15, 0.2) is 5.82 Å². The summed E-state index contributed by atoms with van der Waals surface area (Å²) in [6.45, 7) is 3.52. The number of halogens is 3. The quantitative estimate of drug-likeness (QED) is 0.759. The molecule has 6 nitrogen and oxygen atoms in total. The second-order valence-electron chi connectivity index (χ2n) is 6.83. The number of nitrogens with zero attached hydrogens (tertiary/aromatic N) is 3. The number of hydrogen-bond donors (Lipinski definition) is 1. The van der Waals surface area contributed by atoms with E-state index in [9.17, 15) is 18.0 Å². The van der Waals surface area contributed by atoms with Crippen molar-refractivity contribution in [2.75, 3.05) is 23.3 Å². The zero-order valence-electron chi connectivity index (χ0n) is 15.7. The van der Waals surface area contributed by atoms with E-state index in [0.29, 0.717) is 23.8 Å². The van der Waals surface area contributed by atoms with E-state index >= 15 is 0 Å². The van der Waals surface area contributed by atoms with E-state index in [0.717, 1.165) is 44.5 Å². The minimum Gasteiger partial charge on any atom is -0.370 e. The van der Waals surface area contributed by atoms with Gasteiger partial charge in [-0.1, -0.05) is 12.1 Å². The largest absolute Gasteiger partial charge is 0.416 e. The number of aryl methyl sites for hydroxylation is 2. The Morgan fingerprint density at radius 1 is 1.25 bits per heavy atom. The summed E-state index contributed by atoms with van der Waals surface area (Å²) >= 11 is 0. The molecule has 3 rings (SSSR count). The van der Waals surface area contributed by atoms with Crippen LogP contribution in [0.1, 0.15) is 49.9 Å². The van der Waals surface area contributed by atoms with Crippen molar-refractivity contribution in [2.45, 2.75) is 51.6 Å². The molecule has 0 aliphatic carbocycles. The summed E-state index contributed by atoms with van der Waals surface area (Å²) in [5, 5.41) is 6.46. The second-order valence-corrected chi connectivity index (χ2v) is 6.83. The van der Waals surface area contributed by atoms with Gasteiger partial charge in [0.05, 0.1) is 16.9 Å². The Balaban J connectivity index is 1.70. The fourth-order valence-corrected chi connectivity index (χ4v) is 3.20. The van der Waals surface area contributed by atoms with E-state index in [-0.39, 0.29) is 18.5 Å². The summed E-state index contributed by atoms with van der Waals surface area (Å²) in [6, 6.07) is 3.48. The first kappa shape index (κ1) is 20.2. The van der Waals surface area contributed by atoms with Crippen LogP contribution in [0.4, 0.5) is 24.5 Å². The number of anilines is 2. The Hall–Kier alpha value is -2.58. The summed E-state index contributed by atoms with van der Waals surface area (Å²) in [5.74, 6) is 0.546. The van der Waals surface area contributed by atoms with Gasteiger partial charge in [-0.2, -0.15) is 18.2 Å². The summed E-state index contributed by atoms with van der Waals surface area (Å²) in [7, 11) is 0. The number of alkyl halides is 3. The minimum absolute atomic E-state index is 0.0451. The van der Waals surface area contributed by atoms with Crippen molar-refractivity contribution < 1.29 is 22.5 Å². The van der Waals surface area contributed by atoms with Gasteiger partial charge in [-0.15, -0.1) is 0 Å². The van der Waals surface area contributed by atoms with Gasteiger partial charge in [0.1, 0.15) is 0 Å². The zero-order valence-corrected chi connectivity index (χ0v) is 15.7. The first-order chi connectivity index (χ1) is 13.4. The number of amides is 1. The van der Waals surface area contributed by atoms with Crippen LogP contribution in [-0.2, 0) is 23.8 Å². The fraction of sp³-hybridized carbons (Fsp3) is 0.526. The third-order valence-electron chi connectivity index (χ3n) is 4.59. The molecule has 28 heavy (non-hydrogen) atoms. The van der Waals surface area contributed by atoms with Crippen molar-refractivity contribution in [1.82, 2.24) is 10.1 Å². The van der Waals surface area contributed by atoms with Crippen LogP contribution in [0.3, 0.4) is 0 Å². The van der Waals surface area contributed by atoms with Crippen LogP contribution in [0.5, 0.6) is 0 Å². The van der Waals surface area contributed by atoms with Crippen LogP contribution in [-0.4, -0.2) is 29.1 Å². The summed E-state index contributed by atoms with van der Waals surface area (Å²) < 4.78 is 44.4. The third-order valence-corrected chi connectivity index (χ3v) is 4.59. The summed E-state index contributed by atoms with van der Waals surface area (Å²) in [6.07, 6.45) is -0.656. The van der Waals surface area contributed by atoms with E-state index in [1.165, 1.54) is 6.07 Å². The maximum atomic E-state index is 13.1. The number of rotatable bonds is 7. The molecule has 2 aromatic rings. The van der Waals surface area contributed by atoms with Crippen LogP contribution in [0.25, 0.3) is 0 Å². The van der Waals surface area contributed by atoms with Gasteiger partial charge in [0.25, 0.3) is 0 Å². The molecule has 1 saturated heterocycles. The molecule has 1 N–H and O–H groups in total. The van der Waals surface area contributed by atoms with E-state index in [4.69, 9.17) is 4.52 Å². The Morgan fingerprint density at radius 3 is 2.68 bits per heavy atom. The van der Waals surface area contributed by atoms with Gasteiger partial charge in [-0.05, 0) is 37.5 Å². The van der Waals surface area contributed by atoms with E-state index in [2.05, 4.69) is 15.5 Å². The minimum atomic E-state index is -4.47. The lowest BCUT2D eigenvalue weighted by atomic mass is 10.1. The lowest BCUT2D eigenvalue weighted by Gasteiger charge is -2.23. The average molecular weight is 396 g/mol. The first-order valence-electron chi connectivity index (χ1n) is 9.44. The Kier molecular flexibility index (Phi) is 6.21. The normalized spacial score (nSPS) is 14.5. The highest BCUT2D eigenvalue weighted by Crippen LogP contribution is 2.36. The van der Waals surface area contributed by atoms with Crippen LogP contribution >= 0.6 is 0 Å². The molecule has 1 aromatic heterocycles. The van der Waals surface area contributed by atoms with E-state index < -0.39 is 17.6 Å². The molecule has 1 aliphatic heterocycles. The smallest absolute Gasteiger partial charge is 0.370 e. The Morgan fingerprint density at radius 2 is 2.00 bits per heavy atom. The molecule has 1 fully saturated rings. The molecule has 0 unspecified atom stereocenters. The highest BCUT2D eigenvalue weighted by Gasteiger charge is 2.32. The molecule has 0 spiro atoms. The SMILES string of the molecule is CCCc1noc(CCC(=O)Nc2cc(C(F)(F)F)ccc2N2CCCC2)n1. The first-order valence-corrected chi connectivity index (χ1v) is 9.44. The van der Waals surface area contributed by atoms with Crippen LogP contribution in [0.15, 0.2) is 22.7 Å². The van der Waals surface area contributed by atoms with Crippen LogP contribution < -0.4 is 10.2 Å². The van der Waals surface area contributed by atoms with Gasteiger partial charge >= 0.3 is 6.18 Å². The molecule has 0 saturated carbocycles. The molecular weight excluding hydrogens is 373 g/mol. The van der Waals surface area contributed by atoms with Gasteiger partial charge in [-0.25, -0.2) is 0 Å². The summed E-state index contributed by atoms with van der Waals surface area (Å²) in [4.78, 5) is 18.5. The lowest BCUT2D eigenvalue weighted by molar-refractivity contribution is -0.137. The van der Waals surface area contributed by atoms with Crippen molar-refractivity contribution >= 4 is 17.3 Å². The van der Waals surface area contributed by atoms with Crippen LogP contribution in [0, 0.1) is 0 Å². The fourth-order valence-electron chi connectivity index (χ4n) is 3.20. The van der Waals surface area contributed by atoms with Gasteiger partial charge in [-0.3, -0.25) is 4.79 Å². The molecule has 0 radical (unpaired) electrons. The Bertz CT molecular complexity index is 814. The predicted octanol–water partition coefficient (Wildman–Crippen LogP) is 4.21. The molecule has 152 valence electrons. The number of carbonyl (C=O) groups excluding carboxylic acids is 1. The van der Waals surface area contributed by atoms with Crippen molar-refractivity contribution in [2.24, 2.45) is 0 Å². The van der Waals surface area contributed by atoms with Crippen molar-refractivity contribution in [3.8, 4) is 0 Å². The molecule has 2 heterocycles. The number of aromatic nitrogens is 2. The molecule has 0 bridgehead atoms. The number of benzene rings is 1. The highest BCUT2D eigenvalue weighted by atomic mass is 19.4. The van der Waals surface area contributed by atoms with Crippen molar-refractivity contribution in [3.05, 3.63) is 35.5 Å². The monoisotopic (exact) mass is 396 g/mol. The third kappa shape index (κ3) is 5.02. The molecule has 1 amide bonds. The topological polar surface area (TPSA) is 71.3 Å². The Labute approximate surface area is 161 Å². The molecule has 9 heteroatoms.